The molecule has 182 valence electrons. The van der Waals surface area contributed by atoms with Gasteiger partial charge in [0, 0.05) is 68.5 Å². The van der Waals surface area contributed by atoms with Crippen LogP contribution < -0.4 is 10.2 Å². The van der Waals surface area contributed by atoms with E-state index in [1.165, 1.54) is 24.3 Å². The van der Waals surface area contributed by atoms with Gasteiger partial charge in [-0.25, -0.2) is 8.78 Å². The van der Waals surface area contributed by atoms with Crippen LogP contribution in [-0.4, -0.2) is 79.3 Å². The molecule has 0 radical (unpaired) electrons. The zero-order valence-corrected chi connectivity index (χ0v) is 19.3. The lowest BCUT2D eigenvalue weighted by Crippen LogP contribution is -2.61. The number of aliphatic hydroxyl groups is 1. The molecule has 3 aliphatic heterocycles. The average molecular weight is 471 g/mol. The summed E-state index contributed by atoms with van der Waals surface area (Å²) in [6.45, 7) is 5.60. The Hall–Kier alpha value is -2.71. The fourth-order valence-corrected chi connectivity index (χ4v) is 5.59. The molecule has 3 heterocycles. The maximum atomic E-state index is 13.4. The van der Waals surface area contributed by atoms with Crippen molar-refractivity contribution in [2.75, 3.05) is 62.6 Å². The average Bonchev–Trinajstić information content (AvgIpc) is 3.20. The van der Waals surface area contributed by atoms with Crippen molar-refractivity contribution in [3.63, 3.8) is 0 Å². The summed E-state index contributed by atoms with van der Waals surface area (Å²) < 4.78 is 26.6. The van der Waals surface area contributed by atoms with E-state index in [9.17, 15) is 18.7 Å². The van der Waals surface area contributed by atoms with Crippen molar-refractivity contribution >= 4 is 17.3 Å². The minimum Gasteiger partial charge on any atom is -0.393 e. The van der Waals surface area contributed by atoms with Crippen LogP contribution in [0.2, 0.25) is 0 Å². The standard InChI is InChI=1S/C26H32F2N4O2/c27-20-1-5-22(6-2-20)29-13-19-14-31(25(34)15-30-11-9-24(33)10-12-30)16-26(19)17-32(18-26)23-7-3-21(28)4-8-23/h1-8,19,24,29,33H,9-18H2. The number of carbonyl (C=O) groups is 1. The number of aliphatic hydroxyl groups excluding tert-OH is 1. The molecule has 2 N–H and O–H groups in total. The van der Waals surface area contributed by atoms with E-state index in [0.717, 1.165) is 37.6 Å². The highest BCUT2D eigenvalue weighted by atomic mass is 19.1. The minimum atomic E-state index is -0.265. The third-order valence-electron chi connectivity index (χ3n) is 7.68. The molecule has 1 unspecified atom stereocenters. The first kappa shape index (κ1) is 23.1. The molecule has 8 heteroatoms. The summed E-state index contributed by atoms with van der Waals surface area (Å²) >= 11 is 0. The van der Waals surface area contributed by atoms with Gasteiger partial charge in [-0.2, -0.15) is 0 Å². The Balaban J connectivity index is 1.25. The highest BCUT2D eigenvalue weighted by Gasteiger charge is 2.55. The largest absolute Gasteiger partial charge is 0.393 e. The van der Waals surface area contributed by atoms with Gasteiger partial charge in [0.05, 0.1) is 12.6 Å². The fraction of sp³-hybridized carbons (Fsp3) is 0.500. The van der Waals surface area contributed by atoms with Crippen LogP contribution in [0.4, 0.5) is 20.2 Å². The molecule has 6 nitrogen and oxygen atoms in total. The summed E-state index contributed by atoms with van der Waals surface area (Å²) in [5, 5.41) is 13.2. The van der Waals surface area contributed by atoms with Gasteiger partial charge in [-0.3, -0.25) is 9.69 Å². The third kappa shape index (κ3) is 4.88. The van der Waals surface area contributed by atoms with Crippen LogP contribution in [0.25, 0.3) is 0 Å². The van der Waals surface area contributed by atoms with Crippen LogP contribution in [0.1, 0.15) is 12.8 Å². The number of hydrogen-bond donors (Lipinski definition) is 2. The van der Waals surface area contributed by atoms with Crippen LogP contribution in [-0.2, 0) is 4.79 Å². The van der Waals surface area contributed by atoms with Crippen LogP contribution in [0.3, 0.4) is 0 Å². The lowest BCUT2D eigenvalue weighted by atomic mass is 9.71. The van der Waals surface area contributed by atoms with Gasteiger partial charge in [-0.15, -0.1) is 0 Å². The maximum Gasteiger partial charge on any atom is 0.236 e. The molecule has 0 aliphatic carbocycles. The second-order valence-corrected chi connectivity index (χ2v) is 10.1. The maximum absolute atomic E-state index is 13.4. The molecule has 1 spiro atoms. The number of hydrogen-bond acceptors (Lipinski definition) is 5. The molecule has 3 aliphatic rings. The number of rotatable bonds is 6. The zero-order chi connectivity index (χ0) is 23.7. The molecule has 5 rings (SSSR count). The number of benzene rings is 2. The molecule has 0 bridgehead atoms. The minimum absolute atomic E-state index is 0.0326. The summed E-state index contributed by atoms with van der Waals surface area (Å²) in [6.07, 6.45) is 1.18. The number of carbonyl (C=O) groups excluding carboxylic acids is 1. The highest BCUT2D eigenvalue weighted by molar-refractivity contribution is 5.79. The summed E-state index contributed by atoms with van der Waals surface area (Å²) in [4.78, 5) is 19.5. The molecule has 1 amide bonds. The van der Waals surface area contributed by atoms with Gasteiger partial charge in [-0.1, -0.05) is 0 Å². The third-order valence-corrected chi connectivity index (χ3v) is 7.68. The van der Waals surface area contributed by atoms with Crippen molar-refractivity contribution in [3.8, 4) is 0 Å². The first-order chi connectivity index (χ1) is 16.4. The number of amides is 1. The molecule has 3 fully saturated rings. The first-order valence-electron chi connectivity index (χ1n) is 12.1. The van der Waals surface area contributed by atoms with E-state index in [-0.39, 0.29) is 35.0 Å². The van der Waals surface area contributed by atoms with Gasteiger partial charge in [-0.05, 0) is 61.4 Å². The van der Waals surface area contributed by atoms with Crippen molar-refractivity contribution in [2.45, 2.75) is 18.9 Å². The molecule has 3 saturated heterocycles. The van der Waals surface area contributed by atoms with Crippen molar-refractivity contribution in [3.05, 3.63) is 60.2 Å². The van der Waals surface area contributed by atoms with Gasteiger partial charge in [0.1, 0.15) is 11.6 Å². The quantitative estimate of drug-likeness (QED) is 0.680. The van der Waals surface area contributed by atoms with Crippen molar-refractivity contribution < 1.29 is 18.7 Å². The lowest BCUT2D eigenvalue weighted by Gasteiger charge is -2.52. The Bertz CT molecular complexity index is 987. The predicted octanol–water partition coefficient (Wildman–Crippen LogP) is 2.80. The number of anilines is 2. The van der Waals surface area contributed by atoms with Crippen LogP contribution in [0, 0.1) is 23.0 Å². The molecular formula is C26H32F2N4O2. The van der Waals surface area contributed by atoms with Crippen molar-refractivity contribution in [1.29, 1.82) is 0 Å². The lowest BCUT2D eigenvalue weighted by molar-refractivity contribution is -0.132. The summed E-state index contributed by atoms with van der Waals surface area (Å²) in [5.41, 5.74) is 1.83. The van der Waals surface area contributed by atoms with E-state index in [0.29, 0.717) is 39.0 Å². The second-order valence-electron chi connectivity index (χ2n) is 10.1. The highest BCUT2D eigenvalue weighted by Crippen LogP contribution is 2.45. The van der Waals surface area contributed by atoms with Gasteiger partial charge in [0.2, 0.25) is 5.91 Å². The van der Waals surface area contributed by atoms with Crippen molar-refractivity contribution in [2.24, 2.45) is 11.3 Å². The molecule has 2 aromatic carbocycles. The van der Waals surface area contributed by atoms with Crippen LogP contribution >= 0.6 is 0 Å². The molecule has 0 aromatic heterocycles. The Kier molecular flexibility index (Phi) is 6.44. The Morgan fingerprint density at radius 2 is 1.59 bits per heavy atom. The molecular weight excluding hydrogens is 438 g/mol. The van der Waals surface area contributed by atoms with Gasteiger partial charge < -0.3 is 20.2 Å². The SMILES string of the molecule is O=C(CN1CCC(O)CC1)N1CC(CNc2ccc(F)cc2)C2(C1)CN(c1ccc(F)cc1)C2. The monoisotopic (exact) mass is 470 g/mol. The Morgan fingerprint density at radius 3 is 2.24 bits per heavy atom. The molecule has 2 aromatic rings. The number of halogens is 2. The smallest absolute Gasteiger partial charge is 0.236 e. The normalized spacial score (nSPS) is 22.7. The summed E-state index contributed by atoms with van der Waals surface area (Å²) in [6, 6.07) is 12.9. The predicted molar refractivity (Wildman–Crippen MR) is 128 cm³/mol. The zero-order valence-electron chi connectivity index (χ0n) is 19.3. The van der Waals surface area contributed by atoms with Gasteiger partial charge in [0.15, 0.2) is 0 Å². The van der Waals surface area contributed by atoms with Crippen LogP contribution in [0.15, 0.2) is 48.5 Å². The van der Waals surface area contributed by atoms with Gasteiger partial charge >= 0.3 is 0 Å². The number of likely N-dealkylation sites (tertiary alicyclic amines) is 2. The fourth-order valence-electron chi connectivity index (χ4n) is 5.59. The van der Waals surface area contributed by atoms with E-state index >= 15 is 0 Å². The number of nitrogens with one attached hydrogen (secondary N) is 1. The van der Waals surface area contributed by atoms with Gasteiger partial charge in [0.25, 0.3) is 0 Å². The topological polar surface area (TPSA) is 59.1 Å². The molecule has 1 atom stereocenters. The summed E-state index contributed by atoms with van der Waals surface area (Å²) in [7, 11) is 0. The second kappa shape index (κ2) is 9.50. The van der Waals surface area contributed by atoms with E-state index in [2.05, 4.69) is 15.1 Å². The number of piperidine rings is 1. The molecule has 0 saturated carbocycles. The van der Waals surface area contributed by atoms with Crippen molar-refractivity contribution in [1.82, 2.24) is 9.80 Å². The van der Waals surface area contributed by atoms with E-state index in [1.54, 1.807) is 24.3 Å². The first-order valence-corrected chi connectivity index (χ1v) is 12.1. The summed E-state index contributed by atoms with van der Waals surface area (Å²) in [5.74, 6) is -0.122. The van der Waals surface area contributed by atoms with E-state index in [4.69, 9.17) is 0 Å². The Morgan fingerprint density at radius 1 is 0.971 bits per heavy atom. The Labute approximate surface area is 199 Å². The van der Waals surface area contributed by atoms with E-state index < -0.39 is 0 Å². The van der Waals surface area contributed by atoms with E-state index in [1.807, 2.05) is 4.90 Å². The number of nitrogens with zero attached hydrogens (tertiary/aromatic N) is 3. The molecule has 34 heavy (non-hydrogen) atoms. The van der Waals surface area contributed by atoms with Crippen LogP contribution in [0.5, 0.6) is 0 Å².